The monoisotopic (exact) mass is 396 g/mol. The minimum atomic E-state index is -0.213. The lowest BCUT2D eigenvalue weighted by Crippen LogP contribution is -2.32. The van der Waals surface area contributed by atoms with E-state index in [-0.39, 0.29) is 17.9 Å². The highest BCUT2D eigenvalue weighted by Crippen LogP contribution is 2.41. The van der Waals surface area contributed by atoms with Crippen LogP contribution in [0.25, 0.3) is 17.0 Å². The number of nitrogens with one attached hydrogen (secondary N) is 1. The number of phenols is 1. The van der Waals surface area contributed by atoms with Crippen molar-refractivity contribution in [2.45, 2.75) is 37.8 Å². The van der Waals surface area contributed by atoms with Crippen molar-refractivity contribution in [1.29, 1.82) is 0 Å². The molecule has 0 radical (unpaired) electrons. The van der Waals surface area contributed by atoms with Gasteiger partial charge in [0, 0.05) is 18.7 Å². The van der Waals surface area contributed by atoms with Crippen LogP contribution in [0.5, 0.6) is 11.5 Å². The molecule has 1 saturated carbocycles. The van der Waals surface area contributed by atoms with Gasteiger partial charge in [0.25, 0.3) is 0 Å². The number of hydrogen-bond donors (Lipinski definition) is 3. The van der Waals surface area contributed by atoms with Crippen molar-refractivity contribution >= 4 is 17.2 Å². The first-order chi connectivity index (χ1) is 14.1. The van der Waals surface area contributed by atoms with Crippen LogP contribution in [0.2, 0.25) is 0 Å². The van der Waals surface area contributed by atoms with Crippen molar-refractivity contribution in [3.05, 3.63) is 24.3 Å². The standard InChI is InChI=1S/C20H24N6O3/c1-25-9-10-29-17-16(25)20-23-22-19(12-3-2-4-15(28)11-12)26(20)24-18(17)21-13-5-7-14(27)8-6-13/h2-4,11,13-14,27-28H,5-10H2,1H3,(H,21,24). The molecule has 2 aromatic heterocycles. The minimum Gasteiger partial charge on any atom is -0.508 e. The molecular weight excluding hydrogens is 372 g/mol. The summed E-state index contributed by atoms with van der Waals surface area (Å²) in [5.74, 6) is 2.06. The molecule has 0 amide bonds. The van der Waals surface area contributed by atoms with E-state index >= 15 is 0 Å². The summed E-state index contributed by atoms with van der Waals surface area (Å²) in [6, 6.07) is 7.13. The van der Waals surface area contributed by atoms with Crippen molar-refractivity contribution in [2.24, 2.45) is 0 Å². The number of rotatable bonds is 3. The molecule has 0 bridgehead atoms. The Morgan fingerprint density at radius 1 is 1.17 bits per heavy atom. The zero-order valence-electron chi connectivity index (χ0n) is 16.2. The highest BCUT2D eigenvalue weighted by molar-refractivity contribution is 5.83. The number of benzene rings is 1. The summed E-state index contributed by atoms with van der Waals surface area (Å²) in [5.41, 5.74) is 2.20. The highest BCUT2D eigenvalue weighted by Gasteiger charge is 2.29. The maximum Gasteiger partial charge on any atom is 0.205 e. The first-order valence-electron chi connectivity index (χ1n) is 9.97. The summed E-state index contributed by atoms with van der Waals surface area (Å²) in [6.07, 6.45) is 3.11. The average Bonchev–Trinajstić information content (AvgIpc) is 3.13. The molecule has 0 saturated heterocycles. The second-order valence-corrected chi connectivity index (χ2v) is 7.76. The van der Waals surface area contributed by atoms with Crippen molar-refractivity contribution in [3.63, 3.8) is 0 Å². The molecule has 1 aliphatic carbocycles. The number of ether oxygens (including phenoxy) is 1. The largest absolute Gasteiger partial charge is 0.508 e. The van der Waals surface area contributed by atoms with Crippen LogP contribution in [0.1, 0.15) is 25.7 Å². The van der Waals surface area contributed by atoms with Gasteiger partial charge in [-0.3, -0.25) is 0 Å². The fourth-order valence-electron chi connectivity index (χ4n) is 4.09. The van der Waals surface area contributed by atoms with Gasteiger partial charge >= 0.3 is 0 Å². The molecule has 3 N–H and O–H groups in total. The average molecular weight is 396 g/mol. The van der Waals surface area contributed by atoms with Crippen molar-refractivity contribution < 1.29 is 14.9 Å². The topological polar surface area (TPSA) is 108 Å². The van der Waals surface area contributed by atoms with E-state index in [0.29, 0.717) is 29.6 Å². The molecular formula is C20H24N6O3. The molecule has 5 rings (SSSR count). The lowest BCUT2D eigenvalue weighted by molar-refractivity contribution is 0.126. The third-order valence-electron chi connectivity index (χ3n) is 5.68. The van der Waals surface area contributed by atoms with Gasteiger partial charge in [0.15, 0.2) is 17.4 Å². The van der Waals surface area contributed by atoms with E-state index in [1.54, 1.807) is 22.7 Å². The zero-order chi connectivity index (χ0) is 20.0. The van der Waals surface area contributed by atoms with E-state index in [0.717, 1.165) is 43.5 Å². The highest BCUT2D eigenvalue weighted by atomic mass is 16.5. The predicted octanol–water partition coefficient (Wildman–Crippen LogP) is 2.04. The summed E-state index contributed by atoms with van der Waals surface area (Å²) >= 11 is 0. The Labute approximate surface area is 167 Å². The molecule has 0 spiro atoms. The predicted molar refractivity (Wildman–Crippen MR) is 109 cm³/mol. The Bertz CT molecular complexity index is 1040. The van der Waals surface area contributed by atoms with Gasteiger partial charge in [-0.25, -0.2) is 0 Å². The molecule has 3 aromatic rings. The van der Waals surface area contributed by atoms with Crippen LogP contribution in [0, 0.1) is 0 Å². The smallest absolute Gasteiger partial charge is 0.205 e. The number of nitrogens with zero attached hydrogens (tertiary/aromatic N) is 5. The normalized spacial score (nSPS) is 21.7. The van der Waals surface area contributed by atoms with E-state index in [2.05, 4.69) is 20.4 Å². The Kier molecular flexibility index (Phi) is 4.39. The van der Waals surface area contributed by atoms with Gasteiger partial charge in [-0.15, -0.1) is 15.3 Å². The van der Waals surface area contributed by atoms with Gasteiger partial charge in [-0.2, -0.15) is 4.52 Å². The maximum absolute atomic E-state index is 9.87. The van der Waals surface area contributed by atoms with E-state index in [1.165, 1.54) is 0 Å². The van der Waals surface area contributed by atoms with Crippen LogP contribution in [0.3, 0.4) is 0 Å². The fourth-order valence-corrected chi connectivity index (χ4v) is 4.09. The number of hydrogen-bond acceptors (Lipinski definition) is 8. The second-order valence-electron chi connectivity index (χ2n) is 7.76. The SMILES string of the molecule is CN1CCOc2c(NC3CCC(O)CC3)nn3c(-c4cccc(O)c4)nnc3c21. The number of phenolic OH excluding ortho intramolecular Hbond substituents is 1. The number of aromatic hydroxyl groups is 1. The van der Waals surface area contributed by atoms with Gasteiger partial charge in [0.05, 0.1) is 12.6 Å². The molecule has 0 atom stereocenters. The first-order valence-corrected chi connectivity index (χ1v) is 9.97. The molecule has 2 aliphatic rings. The summed E-state index contributed by atoms with van der Waals surface area (Å²) in [5, 5.41) is 36.7. The fraction of sp³-hybridized carbons (Fsp3) is 0.450. The number of fused-ring (bicyclic) bond motifs is 3. The Morgan fingerprint density at radius 3 is 2.79 bits per heavy atom. The van der Waals surface area contributed by atoms with E-state index < -0.39 is 0 Å². The van der Waals surface area contributed by atoms with E-state index in [9.17, 15) is 10.2 Å². The van der Waals surface area contributed by atoms with Gasteiger partial charge in [-0.1, -0.05) is 12.1 Å². The molecule has 152 valence electrons. The molecule has 29 heavy (non-hydrogen) atoms. The molecule has 9 nitrogen and oxygen atoms in total. The van der Waals surface area contributed by atoms with Crippen LogP contribution >= 0.6 is 0 Å². The third-order valence-corrected chi connectivity index (χ3v) is 5.68. The van der Waals surface area contributed by atoms with Crippen LogP contribution in [-0.4, -0.2) is 62.4 Å². The number of anilines is 2. The third kappa shape index (κ3) is 3.21. The van der Waals surface area contributed by atoms with Gasteiger partial charge < -0.3 is 25.2 Å². The molecule has 1 aromatic carbocycles. The summed E-state index contributed by atoms with van der Waals surface area (Å²) in [7, 11) is 2.00. The molecule has 9 heteroatoms. The Morgan fingerprint density at radius 2 is 2.00 bits per heavy atom. The van der Waals surface area contributed by atoms with Crippen LogP contribution in [-0.2, 0) is 0 Å². The van der Waals surface area contributed by atoms with Crippen LogP contribution in [0.4, 0.5) is 11.5 Å². The first kappa shape index (κ1) is 18.0. The minimum absolute atomic E-state index is 0.164. The van der Waals surface area contributed by atoms with Crippen molar-refractivity contribution in [2.75, 3.05) is 30.4 Å². The van der Waals surface area contributed by atoms with E-state index in [4.69, 9.17) is 9.84 Å². The molecule has 0 unspecified atom stereocenters. The quantitative estimate of drug-likeness (QED) is 0.617. The maximum atomic E-state index is 9.87. The summed E-state index contributed by atoms with van der Waals surface area (Å²) in [6.45, 7) is 1.32. The molecule has 3 heterocycles. The second kappa shape index (κ2) is 7.07. The Hall–Kier alpha value is -3.07. The van der Waals surface area contributed by atoms with Gasteiger partial charge in [0.1, 0.15) is 18.0 Å². The van der Waals surface area contributed by atoms with E-state index in [1.807, 2.05) is 13.1 Å². The van der Waals surface area contributed by atoms with Crippen molar-refractivity contribution in [1.82, 2.24) is 19.8 Å². The van der Waals surface area contributed by atoms with Gasteiger partial charge in [0.2, 0.25) is 5.65 Å². The Balaban J connectivity index is 1.63. The molecule has 1 fully saturated rings. The van der Waals surface area contributed by atoms with Crippen molar-refractivity contribution in [3.8, 4) is 22.9 Å². The zero-order valence-corrected chi connectivity index (χ0v) is 16.2. The van der Waals surface area contributed by atoms with Crippen LogP contribution < -0.4 is 15.0 Å². The van der Waals surface area contributed by atoms with Crippen LogP contribution in [0.15, 0.2) is 24.3 Å². The van der Waals surface area contributed by atoms with Gasteiger partial charge in [-0.05, 0) is 37.8 Å². The number of aliphatic hydroxyl groups excluding tert-OH is 1. The summed E-state index contributed by atoms with van der Waals surface area (Å²) in [4.78, 5) is 2.10. The lowest BCUT2D eigenvalue weighted by atomic mass is 9.93. The number of aromatic nitrogens is 4. The molecule has 1 aliphatic heterocycles. The number of likely N-dealkylation sites (N-methyl/N-ethyl adjacent to an activating group) is 1. The number of aliphatic hydroxyl groups is 1. The lowest BCUT2D eigenvalue weighted by Gasteiger charge is -2.31. The summed E-state index contributed by atoms with van der Waals surface area (Å²) < 4.78 is 7.70.